The van der Waals surface area contributed by atoms with Crippen LogP contribution in [0.15, 0.2) is 35.7 Å². The van der Waals surface area contributed by atoms with Gasteiger partial charge in [0.1, 0.15) is 0 Å². The summed E-state index contributed by atoms with van der Waals surface area (Å²) in [4.78, 5) is 15.6. The molecule has 0 unspecified atom stereocenters. The number of aromatic nitrogens is 1. The number of rotatable bonds is 2. The van der Waals surface area contributed by atoms with E-state index in [-0.39, 0.29) is 5.91 Å². The van der Waals surface area contributed by atoms with Gasteiger partial charge in [-0.05, 0) is 0 Å². The summed E-state index contributed by atoms with van der Waals surface area (Å²) in [6.07, 6.45) is 0. The Kier molecular flexibility index (Phi) is 2.78. The predicted molar refractivity (Wildman–Crippen MR) is 60.9 cm³/mol. The molecular weight excluding hydrogens is 208 g/mol. The van der Waals surface area contributed by atoms with Crippen molar-refractivity contribution < 1.29 is 4.79 Å². The van der Waals surface area contributed by atoms with Gasteiger partial charge in [0.15, 0.2) is 5.01 Å². The third-order valence-electron chi connectivity index (χ3n) is 2.00. The fourth-order valence-electron chi connectivity index (χ4n) is 1.23. The zero-order valence-electron chi connectivity index (χ0n) is 8.23. The molecule has 3 nitrogen and oxygen atoms in total. The minimum Gasteiger partial charge on any atom is -0.353 e. The molecule has 1 heterocycles. The largest absolute Gasteiger partial charge is 0.353 e. The zero-order chi connectivity index (χ0) is 10.7. The summed E-state index contributed by atoms with van der Waals surface area (Å²) in [7, 11) is 1.60. The van der Waals surface area contributed by atoms with Crippen LogP contribution in [0, 0.1) is 0 Å². The number of nitrogens with zero attached hydrogens (tertiary/aromatic N) is 1. The lowest BCUT2D eigenvalue weighted by molar-refractivity contribution is 0.0963. The van der Waals surface area contributed by atoms with Gasteiger partial charge in [0.2, 0.25) is 0 Å². The second kappa shape index (κ2) is 4.23. The van der Waals surface area contributed by atoms with Gasteiger partial charge in [0.25, 0.3) is 5.91 Å². The molecule has 0 bridgehead atoms. The topological polar surface area (TPSA) is 42.0 Å². The average molecular weight is 218 g/mol. The number of hydrogen-bond donors (Lipinski definition) is 1. The molecule has 0 radical (unpaired) electrons. The van der Waals surface area contributed by atoms with Crippen molar-refractivity contribution in [3.8, 4) is 11.3 Å². The van der Waals surface area contributed by atoms with E-state index >= 15 is 0 Å². The van der Waals surface area contributed by atoms with Gasteiger partial charge in [-0.25, -0.2) is 4.98 Å². The first-order chi connectivity index (χ1) is 7.31. The molecule has 0 atom stereocenters. The SMILES string of the molecule is CNC(=O)c1nc(-c2ccccc2)cs1. The van der Waals surface area contributed by atoms with Crippen LogP contribution in [0.3, 0.4) is 0 Å². The Balaban J connectivity index is 2.32. The number of nitrogens with one attached hydrogen (secondary N) is 1. The van der Waals surface area contributed by atoms with Crippen LogP contribution in [0.2, 0.25) is 0 Å². The Morgan fingerprint density at radius 3 is 2.73 bits per heavy atom. The molecule has 1 aromatic heterocycles. The molecule has 0 saturated heterocycles. The second-order valence-corrected chi connectivity index (χ2v) is 3.84. The van der Waals surface area contributed by atoms with Crippen LogP contribution in [0.5, 0.6) is 0 Å². The lowest BCUT2D eigenvalue weighted by Gasteiger charge is -1.94. The molecule has 1 aromatic carbocycles. The number of amides is 1. The standard InChI is InChI=1S/C11H10N2OS/c1-12-10(14)11-13-9(7-15-11)8-5-3-2-4-6-8/h2-7H,1H3,(H,12,14). The molecule has 2 aromatic rings. The fourth-order valence-corrected chi connectivity index (χ4v) is 2.00. The third kappa shape index (κ3) is 2.05. The van der Waals surface area contributed by atoms with Crippen LogP contribution in [0.25, 0.3) is 11.3 Å². The van der Waals surface area contributed by atoms with Crippen LogP contribution in [-0.2, 0) is 0 Å². The van der Waals surface area contributed by atoms with Crippen molar-refractivity contribution >= 4 is 17.2 Å². The Hall–Kier alpha value is -1.68. The van der Waals surface area contributed by atoms with E-state index in [0.717, 1.165) is 11.3 Å². The molecule has 76 valence electrons. The van der Waals surface area contributed by atoms with Gasteiger partial charge in [0.05, 0.1) is 5.69 Å². The molecule has 0 aliphatic heterocycles. The summed E-state index contributed by atoms with van der Waals surface area (Å²) in [5, 5.41) is 4.94. The third-order valence-corrected chi connectivity index (χ3v) is 2.84. The number of benzene rings is 1. The lowest BCUT2D eigenvalue weighted by atomic mass is 10.2. The first-order valence-electron chi connectivity index (χ1n) is 4.54. The van der Waals surface area contributed by atoms with Gasteiger partial charge in [-0.1, -0.05) is 30.3 Å². The van der Waals surface area contributed by atoms with Crippen LogP contribution in [0.4, 0.5) is 0 Å². The predicted octanol–water partition coefficient (Wildman–Crippen LogP) is 2.17. The zero-order valence-corrected chi connectivity index (χ0v) is 9.04. The van der Waals surface area contributed by atoms with E-state index in [2.05, 4.69) is 10.3 Å². The summed E-state index contributed by atoms with van der Waals surface area (Å²) in [6, 6.07) is 9.81. The monoisotopic (exact) mass is 218 g/mol. The van der Waals surface area contributed by atoms with Crippen molar-refractivity contribution in [2.24, 2.45) is 0 Å². The minimum absolute atomic E-state index is 0.137. The summed E-state index contributed by atoms with van der Waals surface area (Å²) >= 11 is 1.35. The molecule has 0 saturated carbocycles. The fraction of sp³-hybridized carbons (Fsp3) is 0.0909. The Bertz CT molecular complexity index is 464. The number of thiazole rings is 1. The molecule has 0 aliphatic carbocycles. The van der Waals surface area contributed by atoms with Crippen LogP contribution >= 0.6 is 11.3 Å². The number of carbonyl (C=O) groups excluding carboxylic acids is 1. The van der Waals surface area contributed by atoms with Crippen LogP contribution < -0.4 is 5.32 Å². The Morgan fingerprint density at radius 1 is 1.33 bits per heavy atom. The highest BCUT2D eigenvalue weighted by Crippen LogP contribution is 2.21. The maximum absolute atomic E-state index is 11.3. The minimum atomic E-state index is -0.137. The van der Waals surface area contributed by atoms with Gasteiger partial charge in [0, 0.05) is 18.0 Å². The highest BCUT2D eigenvalue weighted by atomic mass is 32.1. The van der Waals surface area contributed by atoms with Crippen LogP contribution in [0.1, 0.15) is 9.80 Å². The maximum Gasteiger partial charge on any atom is 0.280 e. The van der Waals surface area contributed by atoms with Crippen molar-refractivity contribution in [3.63, 3.8) is 0 Å². The van der Waals surface area contributed by atoms with E-state index in [0.29, 0.717) is 5.01 Å². The Morgan fingerprint density at radius 2 is 2.07 bits per heavy atom. The summed E-state index contributed by atoms with van der Waals surface area (Å²) in [6.45, 7) is 0. The molecule has 15 heavy (non-hydrogen) atoms. The van der Waals surface area contributed by atoms with Gasteiger partial charge in [-0.15, -0.1) is 11.3 Å². The second-order valence-electron chi connectivity index (χ2n) is 2.98. The smallest absolute Gasteiger partial charge is 0.280 e. The van der Waals surface area contributed by atoms with E-state index in [9.17, 15) is 4.79 Å². The quantitative estimate of drug-likeness (QED) is 0.839. The maximum atomic E-state index is 11.3. The van der Waals surface area contributed by atoms with Gasteiger partial charge >= 0.3 is 0 Å². The highest BCUT2D eigenvalue weighted by molar-refractivity contribution is 7.12. The summed E-state index contributed by atoms with van der Waals surface area (Å²) < 4.78 is 0. The first kappa shape index (κ1) is 9.86. The first-order valence-corrected chi connectivity index (χ1v) is 5.42. The highest BCUT2D eigenvalue weighted by Gasteiger charge is 2.09. The van der Waals surface area contributed by atoms with E-state index in [4.69, 9.17) is 0 Å². The number of hydrogen-bond acceptors (Lipinski definition) is 3. The van der Waals surface area contributed by atoms with Crippen LogP contribution in [-0.4, -0.2) is 17.9 Å². The van der Waals surface area contributed by atoms with Crippen molar-refractivity contribution in [3.05, 3.63) is 40.7 Å². The van der Waals surface area contributed by atoms with E-state index < -0.39 is 0 Å². The molecule has 1 N–H and O–H groups in total. The molecular formula is C11H10N2OS. The summed E-state index contributed by atoms with van der Waals surface area (Å²) in [5.41, 5.74) is 1.88. The van der Waals surface area contributed by atoms with Gasteiger partial charge < -0.3 is 5.32 Å². The number of carbonyl (C=O) groups is 1. The molecule has 0 fully saturated rings. The normalized spacial score (nSPS) is 9.93. The van der Waals surface area contributed by atoms with Crippen molar-refractivity contribution in [2.75, 3.05) is 7.05 Å². The molecule has 1 amide bonds. The van der Waals surface area contributed by atoms with Gasteiger partial charge in [-0.2, -0.15) is 0 Å². The lowest BCUT2D eigenvalue weighted by Crippen LogP contribution is -2.17. The van der Waals surface area contributed by atoms with Crippen molar-refractivity contribution in [1.82, 2.24) is 10.3 Å². The van der Waals surface area contributed by atoms with Crippen molar-refractivity contribution in [2.45, 2.75) is 0 Å². The molecule has 0 aliphatic rings. The summed E-state index contributed by atoms with van der Waals surface area (Å²) in [5.74, 6) is -0.137. The molecule has 0 spiro atoms. The van der Waals surface area contributed by atoms with Crippen molar-refractivity contribution in [1.29, 1.82) is 0 Å². The van der Waals surface area contributed by atoms with E-state index in [1.165, 1.54) is 11.3 Å². The Labute approximate surface area is 91.8 Å². The van der Waals surface area contributed by atoms with E-state index in [1.54, 1.807) is 7.05 Å². The average Bonchev–Trinajstić information content (AvgIpc) is 2.78. The van der Waals surface area contributed by atoms with E-state index in [1.807, 2.05) is 35.7 Å². The molecule has 2 rings (SSSR count). The molecule has 4 heteroatoms. The van der Waals surface area contributed by atoms with Gasteiger partial charge in [-0.3, -0.25) is 4.79 Å².